The highest BCUT2D eigenvalue weighted by molar-refractivity contribution is 5.32. The van der Waals surface area contributed by atoms with Crippen LogP contribution in [0.4, 0.5) is 8.78 Å². The van der Waals surface area contributed by atoms with Gasteiger partial charge >= 0.3 is 6.61 Å². The summed E-state index contributed by atoms with van der Waals surface area (Å²) in [4.78, 5) is 0. The fourth-order valence-electron chi connectivity index (χ4n) is 1.07. The van der Waals surface area contributed by atoms with Gasteiger partial charge in [-0.05, 0) is 6.07 Å². The Bertz CT molecular complexity index is 292. The number of hydrogen-bond donors (Lipinski definition) is 0. The number of rotatable bonds is 6. The summed E-state index contributed by atoms with van der Waals surface area (Å²) in [6, 6.07) is 6.48. The Morgan fingerprint density at radius 1 is 1.27 bits per heavy atom. The molecule has 0 unspecified atom stereocenters. The first-order chi connectivity index (χ1) is 7.24. The third kappa shape index (κ3) is 4.22. The summed E-state index contributed by atoms with van der Waals surface area (Å²) in [6.45, 7) is -2.53. The standard InChI is InChI=1S/C10H12F2O3/c1-13-7-14-6-8-4-2-3-5-9(8)15-10(11)12/h2-5,10H,6-7H2,1H3. The molecule has 0 N–H and O–H groups in total. The zero-order valence-corrected chi connectivity index (χ0v) is 8.28. The van der Waals surface area contributed by atoms with Crippen LogP contribution < -0.4 is 4.74 Å². The molecule has 3 nitrogen and oxygen atoms in total. The van der Waals surface area contributed by atoms with Gasteiger partial charge in [0.1, 0.15) is 12.5 Å². The fourth-order valence-corrected chi connectivity index (χ4v) is 1.07. The Morgan fingerprint density at radius 3 is 2.67 bits per heavy atom. The molecule has 0 aliphatic rings. The third-order valence-corrected chi connectivity index (χ3v) is 1.65. The molecule has 0 bridgehead atoms. The van der Waals surface area contributed by atoms with Gasteiger partial charge in [-0.15, -0.1) is 0 Å². The van der Waals surface area contributed by atoms with Crippen LogP contribution in [0.25, 0.3) is 0 Å². The Morgan fingerprint density at radius 2 is 2.00 bits per heavy atom. The van der Waals surface area contributed by atoms with Crippen molar-refractivity contribution >= 4 is 0 Å². The molecular weight excluding hydrogens is 206 g/mol. The Hall–Kier alpha value is -1.20. The highest BCUT2D eigenvalue weighted by atomic mass is 19.3. The van der Waals surface area contributed by atoms with Gasteiger partial charge in [0.05, 0.1) is 6.61 Å². The lowest BCUT2D eigenvalue weighted by Gasteiger charge is -2.10. The first-order valence-electron chi connectivity index (χ1n) is 4.33. The molecule has 0 aliphatic heterocycles. The predicted octanol–water partition coefficient (Wildman–Crippen LogP) is 2.41. The highest BCUT2D eigenvalue weighted by Gasteiger charge is 2.08. The number of methoxy groups -OCH3 is 1. The van der Waals surface area contributed by atoms with Gasteiger partial charge in [0.25, 0.3) is 0 Å². The van der Waals surface area contributed by atoms with Crippen molar-refractivity contribution in [2.45, 2.75) is 13.2 Å². The zero-order chi connectivity index (χ0) is 11.1. The molecule has 0 aliphatic carbocycles. The van der Waals surface area contributed by atoms with E-state index in [0.29, 0.717) is 5.56 Å². The molecule has 0 saturated carbocycles. The van der Waals surface area contributed by atoms with E-state index in [1.807, 2.05) is 0 Å². The smallest absolute Gasteiger partial charge is 0.387 e. The average molecular weight is 218 g/mol. The van der Waals surface area contributed by atoms with E-state index in [0.717, 1.165) is 0 Å². The van der Waals surface area contributed by atoms with Gasteiger partial charge in [-0.1, -0.05) is 18.2 Å². The van der Waals surface area contributed by atoms with Gasteiger partial charge in [0.2, 0.25) is 0 Å². The van der Waals surface area contributed by atoms with Crippen molar-refractivity contribution in [3.05, 3.63) is 29.8 Å². The zero-order valence-electron chi connectivity index (χ0n) is 8.28. The van der Waals surface area contributed by atoms with Crippen molar-refractivity contribution in [2.75, 3.05) is 13.9 Å². The SMILES string of the molecule is COCOCc1ccccc1OC(F)F. The molecule has 0 amide bonds. The number of alkyl halides is 2. The van der Waals surface area contributed by atoms with Gasteiger partial charge in [-0.25, -0.2) is 0 Å². The van der Waals surface area contributed by atoms with Gasteiger partial charge in [0, 0.05) is 12.7 Å². The molecule has 0 fully saturated rings. The molecule has 1 rings (SSSR count). The largest absolute Gasteiger partial charge is 0.434 e. The van der Waals surface area contributed by atoms with E-state index in [-0.39, 0.29) is 19.1 Å². The average Bonchev–Trinajstić information content (AvgIpc) is 2.20. The van der Waals surface area contributed by atoms with Crippen molar-refractivity contribution in [1.82, 2.24) is 0 Å². The lowest BCUT2D eigenvalue weighted by Crippen LogP contribution is -2.05. The summed E-state index contributed by atoms with van der Waals surface area (Å²) in [5, 5.41) is 0. The minimum Gasteiger partial charge on any atom is -0.434 e. The summed E-state index contributed by atoms with van der Waals surface area (Å²) in [7, 11) is 1.49. The molecule has 0 aromatic heterocycles. The third-order valence-electron chi connectivity index (χ3n) is 1.65. The normalized spacial score (nSPS) is 10.7. The van der Waals surface area contributed by atoms with E-state index in [1.165, 1.54) is 13.2 Å². The van der Waals surface area contributed by atoms with Crippen LogP contribution in [-0.4, -0.2) is 20.5 Å². The highest BCUT2D eigenvalue weighted by Crippen LogP contribution is 2.20. The quantitative estimate of drug-likeness (QED) is 0.542. The van der Waals surface area contributed by atoms with Crippen molar-refractivity contribution in [1.29, 1.82) is 0 Å². The van der Waals surface area contributed by atoms with Gasteiger partial charge in [-0.3, -0.25) is 0 Å². The topological polar surface area (TPSA) is 27.7 Å². The molecule has 15 heavy (non-hydrogen) atoms. The van der Waals surface area contributed by atoms with E-state index in [9.17, 15) is 8.78 Å². The van der Waals surface area contributed by atoms with Crippen LogP contribution in [-0.2, 0) is 16.1 Å². The van der Waals surface area contributed by atoms with E-state index < -0.39 is 6.61 Å². The van der Waals surface area contributed by atoms with Crippen LogP contribution in [0.5, 0.6) is 5.75 Å². The molecule has 1 aromatic rings. The summed E-state index contributed by atoms with van der Waals surface area (Å²) in [5.41, 5.74) is 0.565. The van der Waals surface area contributed by atoms with E-state index in [4.69, 9.17) is 4.74 Å². The second kappa shape index (κ2) is 6.31. The molecule has 0 radical (unpaired) electrons. The van der Waals surface area contributed by atoms with E-state index >= 15 is 0 Å². The number of benzene rings is 1. The van der Waals surface area contributed by atoms with Crippen LogP contribution in [0.2, 0.25) is 0 Å². The van der Waals surface area contributed by atoms with Crippen molar-refractivity contribution < 1.29 is 23.0 Å². The molecule has 84 valence electrons. The number of para-hydroxylation sites is 1. The number of ether oxygens (including phenoxy) is 3. The van der Waals surface area contributed by atoms with E-state index in [1.54, 1.807) is 18.2 Å². The minimum atomic E-state index is -2.83. The minimum absolute atomic E-state index is 0.114. The van der Waals surface area contributed by atoms with Gasteiger partial charge in [-0.2, -0.15) is 8.78 Å². The monoisotopic (exact) mass is 218 g/mol. The maximum Gasteiger partial charge on any atom is 0.387 e. The first-order valence-corrected chi connectivity index (χ1v) is 4.33. The summed E-state index contributed by atoms with van der Waals surface area (Å²) in [6.07, 6.45) is 0. The van der Waals surface area contributed by atoms with Crippen molar-refractivity contribution in [3.8, 4) is 5.75 Å². The van der Waals surface area contributed by atoms with Crippen LogP contribution in [0.3, 0.4) is 0 Å². The summed E-state index contributed by atoms with van der Waals surface area (Å²) in [5.74, 6) is 0.128. The van der Waals surface area contributed by atoms with Crippen molar-refractivity contribution in [2.24, 2.45) is 0 Å². The Kier molecular flexibility index (Phi) is 5.00. The molecule has 5 heteroatoms. The Labute approximate surface area is 86.6 Å². The summed E-state index contributed by atoms with van der Waals surface area (Å²) < 4.78 is 38.0. The number of halogens is 2. The lowest BCUT2D eigenvalue weighted by molar-refractivity contribution is -0.0566. The molecule has 0 spiro atoms. The second-order valence-corrected chi connectivity index (χ2v) is 2.74. The molecule has 1 aromatic carbocycles. The van der Waals surface area contributed by atoms with E-state index in [2.05, 4.69) is 9.47 Å². The molecular formula is C10H12F2O3. The van der Waals surface area contributed by atoms with Crippen molar-refractivity contribution in [3.63, 3.8) is 0 Å². The molecule has 0 heterocycles. The van der Waals surface area contributed by atoms with Crippen LogP contribution in [0, 0.1) is 0 Å². The maximum atomic E-state index is 12.0. The maximum absolute atomic E-state index is 12.0. The first kappa shape index (κ1) is 11.9. The summed E-state index contributed by atoms with van der Waals surface area (Å²) >= 11 is 0. The predicted molar refractivity (Wildman–Crippen MR) is 49.7 cm³/mol. The van der Waals surface area contributed by atoms with Crippen LogP contribution in [0.15, 0.2) is 24.3 Å². The van der Waals surface area contributed by atoms with Gasteiger partial charge in [0.15, 0.2) is 0 Å². The fraction of sp³-hybridized carbons (Fsp3) is 0.400. The van der Waals surface area contributed by atoms with Gasteiger partial charge < -0.3 is 14.2 Å². The Balaban J connectivity index is 2.60. The lowest BCUT2D eigenvalue weighted by atomic mass is 10.2. The van der Waals surface area contributed by atoms with Crippen LogP contribution >= 0.6 is 0 Å². The van der Waals surface area contributed by atoms with Crippen LogP contribution in [0.1, 0.15) is 5.56 Å². The molecule has 0 saturated heterocycles. The molecule has 0 atom stereocenters. The number of hydrogen-bond acceptors (Lipinski definition) is 3. The second-order valence-electron chi connectivity index (χ2n) is 2.74.